The number of nitrogens with two attached hydrogens (primary N) is 1. The second-order valence-corrected chi connectivity index (χ2v) is 4.33. The lowest BCUT2D eigenvalue weighted by atomic mass is 10.1. The first-order valence-electron chi connectivity index (χ1n) is 5.65. The van der Waals surface area contributed by atoms with Gasteiger partial charge >= 0.3 is 0 Å². The summed E-state index contributed by atoms with van der Waals surface area (Å²) in [7, 11) is 0. The van der Waals surface area contributed by atoms with Gasteiger partial charge in [0.1, 0.15) is 0 Å². The molecule has 0 spiro atoms. The molecule has 0 heterocycles. The van der Waals surface area contributed by atoms with Crippen LogP contribution in [-0.4, -0.2) is 16.9 Å². The lowest BCUT2D eigenvalue weighted by molar-refractivity contribution is -0.385. The Kier molecular flexibility index (Phi) is 4.79. The van der Waals surface area contributed by atoms with E-state index in [4.69, 9.17) is 5.73 Å². The fraction of sp³-hybridized carbons (Fsp3) is 0.417. The van der Waals surface area contributed by atoms with Crippen molar-refractivity contribution in [2.75, 3.05) is 0 Å². The molecule has 6 heteroatoms. The smallest absolute Gasteiger partial charge is 0.272 e. The van der Waals surface area contributed by atoms with Crippen molar-refractivity contribution < 1.29 is 9.72 Å². The molecule has 0 saturated carbocycles. The van der Waals surface area contributed by atoms with Gasteiger partial charge in [-0.2, -0.15) is 0 Å². The third kappa shape index (κ3) is 4.14. The number of nitrogens with zero attached hydrogens (tertiary/aromatic N) is 1. The maximum atomic E-state index is 10.8. The van der Waals surface area contributed by atoms with Crippen molar-refractivity contribution in [2.45, 2.75) is 32.9 Å². The fourth-order valence-electron chi connectivity index (χ4n) is 1.63. The molecule has 0 fully saturated rings. The van der Waals surface area contributed by atoms with E-state index >= 15 is 0 Å². The van der Waals surface area contributed by atoms with Gasteiger partial charge in [0.15, 0.2) is 0 Å². The minimum atomic E-state index is -0.397. The zero-order valence-electron chi connectivity index (χ0n) is 10.5. The van der Waals surface area contributed by atoms with Gasteiger partial charge in [-0.3, -0.25) is 14.9 Å². The molecule has 1 amide bonds. The summed E-state index contributed by atoms with van der Waals surface area (Å²) in [4.78, 5) is 21.1. The molecule has 0 aliphatic heterocycles. The van der Waals surface area contributed by atoms with Gasteiger partial charge in [-0.1, -0.05) is 12.1 Å². The topological polar surface area (TPSA) is 98.3 Å². The quantitative estimate of drug-likeness (QED) is 0.587. The van der Waals surface area contributed by atoms with Crippen molar-refractivity contribution in [1.29, 1.82) is 0 Å². The molecule has 6 nitrogen and oxygen atoms in total. The number of benzene rings is 1. The van der Waals surface area contributed by atoms with Crippen molar-refractivity contribution in [2.24, 2.45) is 5.73 Å². The van der Waals surface area contributed by atoms with E-state index in [0.717, 1.165) is 5.56 Å². The zero-order chi connectivity index (χ0) is 13.7. The predicted molar refractivity (Wildman–Crippen MR) is 67.9 cm³/mol. The van der Waals surface area contributed by atoms with Crippen molar-refractivity contribution in [3.05, 3.63) is 39.4 Å². The number of amides is 1. The molecule has 1 unspecified atom stereocenters. The molecular formula is C12H17N3O3. The third-order valence-electron chi connectivity index (χ3n) is 2.63. The maximum absolute atomic E-state index is 10.8. The number of hydrogen-bond acceptors (Lipinski definition) is 4. The number of carbonyl (C=O) groups excluding carboxylic acids is 1. The summed E-state index contributed by atoms with van der Waals surface area (Å²) in [6.07, 6.45) is 0.244. The van der Waals surface area contributed by atoms with E-state index in [1.165, 1.54) is 0 Å². The van der Waals surface area contributed by atoms with E-state index in [0.29, 0.717) is 12.1 Å². The highest BCUT2D eigenvalue weighted by Crippen LogP contribution is 2.19. The van der Waals surface area contributed by atoms with Gasteiger partial charge < -0.3 is 11.1 Å². The molecule has 3 N–H and O–H groups in total. The molecule has 0 saturated heterocycles. The Morgan fingerprint density at radius 1 is 1.56 bits per heavy atom. The summed E-state index contributed by atoms with van der Waals surface area (Å²) in [6, 6.07) is 5.03. The van der Waals surface area contributed by atoms with Crippen LogP contribution in [0.1, 0.15) is 24.5 Å². The second kappa shape index (κ2) is 6.11. The van der Waals surface area contributed by atoms with Crippen LogP contribution < -0.4 is 11.1 Å². The first kappa shape index (κ1) is 14.1. The van der Waals surface area contributed by atoms with Crippen molar-refractivity contribution in [1.82, 2.24) is 5.32 Å². The average Bonchev–Trinajstić information content (AvgIpc) is 2.26. The Labute approximate surface area is 105 Å². The summed E-state index contributed by atoms with van der Waals surface area (Å²) in [5.74, 6) is -0.370. The van der Waals surface area contributed by atoms with Gasteiger partial charge in [-0.25, -0.2) is 0 Å². The predicted octanol–water partition coefficient (Wildman–Crippen LogP) is 1.26. The fourth-order valence-corrected chi connectivity index (χ4v) is 1.63. The lowest BCUT2D eigenvalue weighted by Gasteiger charge is -2.11. The van der Waals surface area contributed by atoms with Crippen LogP contribution in [-0.2, 0) is 11.3 Å². The Morgan fingerprint density at radius 3 is 2.78 bits per heavy atom. The number of nitro groups is 1. The molecular weight excluding hydrogens is 234 g/mol. The van der Waals surface area contributed by atoms with Gasteiger partial charge in [-0.15, -0.1) is 0 Å². The number of primary amides is 1. The summed E-state index contributed by atoms with van der Waals surface area (Å²) in [5, 5.41) is 13.9. The van der Waals surface area contributed by atoms with E-state index in [-0.39, 0.29) is 24.1 Å². The Balaban J connectivity index is 2.66. The lowest BCUT2D eigenvalue weighted by Crippen LogP contribution is -2.30. The molecule has 0 aliphatic rings. The molecule has 98 valence electrons. The van der Waals surface area contributed by atoms with Crippen LogP contribution in [0.5, 0.6) is 0 Å². The molecule has 0 radical (unpaired) electrons. The molecule has 0 bridgehead atoms. The Bertz CT molecular complexity index is 460. The monoisotopic (exact) mass is 251 g/mol. The molecule has 1 aromatic rings. The van der Waals surface area contributed by atoms with Gasteiger partial charge in [0, 0.05) is 30.6 Å². The van der Waals surface area contributed by atoms with Crippen LogP contribution in [0.2, 0.25) is 0 Å². The van der Waals surface area contributed by atoms with E-state index in [2.05, 4.69) is 5.32 Å². The minimum absolute atomic E-state index is 0.0529. The van der Waals surface area contributed by atoms with Gasteiger partial charge in [-0.05, 0) is 19.4 Å². The van der Waals surface area contributed by atoms with Gasteiger partial charge in [0.2, 0.25) is 5.91 Å². The zero-order valence-corrected chi connectivity index (χ0v) is 10.5. The molecule has 0 aromatic heterocycles. The maximum Gasteiger partial charge on any atom is 0.272 e. The SMILES string of the molecule is Cc1ccc(CNC(C)CC(N)=O)cc1[N+](=O)[O-]. The minimum Gasteiger partial charge on any atom is -0.370 e. The van der Waals surface area contributed by atoms with Crippen LogP contribution in [0.4, 0.5) is 5.69 Å². The van der Waals surface area contributed by atoms with E-state index in [1.807, 2.05) is 13.0 Å². The molecule has 18 heavy (non-hydrogen) atoms. The van der Waals surface area contributed by atoms with E-state index in [1.54, 1.807) is 19.1 Å². The number of nitro benzene ring substituents is 1. The highest BCUT2D eigenvalue weighted by atomic mass is 16.6. The second-order valence-electron chi connectivity index (χ2n) is 4.33. The summed E-state index contributed by atoms with van der Waals surface area (Å²) >= 11 is 0. The van der Waals surface area contributed by atoms with Gasteiger partial charge in [0.05, 0.1) is 4.92 Å². The van der Waals surface area contributed by atoms with Crippen molar-refractivity contribution in [3.63, 3.8) is 0 Å². The van der Waals surface area contributed by atoms with Crippen LogP contribution in [0.3, 0.4) is 0 Å². The molecule has 0 aliphatic carbocycles. The number of carbonyl (C=O) groups is 1. The molecule has 1 aromatic carbocycles. The van der Waals surface area contributed by atoms with Gasteiger partial charge in [0.25, 0.3) is 5.69 Å². The Morgan fingerprint density at radius 2 is 2.22 bits per heavy atom. The summed E-state index contributed by atoms with van der Waals surface area (Å²) in [6.45, 7) is 4.01. The standard InChI is InChI=1S/C12H17N3O3/c1-8-3-4-10(6-11(8)15(17)18)7-14-9(2)5-12(13)16/h3-4,6,9,14H,5,7H2,1-2H3,(H2,13,16). The number of nitrogens with one attached hydrogen (secondary N) is 1. The van der Waals surface area contributed by atoms with Crippen molar-refractivity contribution in [3.8, 4) is 0 Å². The van der Waals surface area contributed by atoms with Crippen molar-refractivity contribution >= 4 is 11.6 Å². The van der Waals surface area contributed by atoms with E-state index < -0.39 is 4.92 Å². The average molecular weight is 251 g/mol. The largest absolute Gasteiger partial charge is 0.370 e. The summed E-state index contributed by atoms with van der Waals surface area (Å²) < 4.78 is 0. The first-order valence-corrected chi connectivity index (χ1v) is 5.65. The van der Waals surface area contributed by atoms with Crippen LogP contribution in [0.25, 0.3) is 0 Å². The third-order valence-corrected chi connectivity index (χ3v) is 2.63. The normalized spacial score (nSPS) is 12.1. The highest BCUT2D eigenvalue weighted by molar-refractivity contribution is 5.74. The highest BCUT2D eigenvalue weighted by Gasteiger charge is 2.11. The van der Waals surface area contributed by atoms with Crippen LogP contribution in [0, 0.1) is 17.0 Å². The van der Waals surface area contributed by atoms with E-state index in [9.17, 15) is 14.9 Å². The number of hydrogen-bond donors (Lipinski definition) is 2. The number of aryl methyl sites for hydroxylation is 1. The summed E-state index contributed by atoms with van der Waals surface area (Å²) in [5.41, 5.74) is 6.63. The first-order chi connectivity index (χ1) is 8.40. The molecule has 1 rings (SSSR count). The number of rotatable bonds is 6. The van der Waals surface area contributed by atoms with Crippen LogP contribution >= 0.6 is 0 Å². The molecule has 1 atom stereocenters. The van der Waals surface area contributed by atoms with Crippen LogP contribution in [0.15, 0.2) is 18.2 Å². The Hall–Kier alpha value is -1.95.